The van der Waals surface area contributed by atoms with Crippen molar-refractivity contribution in [2.45, 2.75) is 39.2 Å². The van der Waals surface area contributed by atoms with E-state index in [4.69, 9.17) is 4.74 Å². The number of hydrogen-bond donors (Lipinski definition) is 0. The number of rotatable bonds is 7. The number of carbonyl (C=O) groups is 1. The highest BCUT2D eigenvalue weighted by atomic mass is 79.9. The van der Waals surface area contributed by atoms with Crippen molar-refractivity contribution >= 4 is 21.9 Å². The Morgan fingerprint density at radius 2 is 2.20 bits per heavy atom. The molecule has 1 atom stereocenters. The van der Waals surface area contributed by atoms with Crippen LogP contribution in [0.1, 0.15) is 33.1 Å². The van der Waals surface area contributed by atoms with Gasteiger partial charge in [0.1, 0.15) is 0 Å². The van der Waals surface area contributed by atoms with Gasteiger partial charge in [0.25, 0.3) is 0 Å². The predicted molar refractivity (Wildman–Crippen MR) is 86.8 cm³/mol. The van der Waals surface area contributed by atoms with Gasteiger partial charge in [0.05, 0.1) is 6.61 Å². The lowest BCUT2D eigenvalue weighted by molar-refractivity contribution is -0.137. The summed E-state index contributed by atoms with van der Waals surface area (Å²) in [6, 6.07) is 0.537. The Balaban J connectivity index is 2.37. The fraction of sp³-hybridized carbons (Fsp3) is 0.562. The molecule has 112 valence electrons. The summed E-state index contributed by atoms with van der Waals surface area (Å²) >= 11 is 3.47. The molecule has 4 heteroatoms. The monoisotopic (exact) mass is 341 g/mol. The first-order chi connectivity index (χ1) is 9.67. The van der Waals surface area contributed by atoms with Crippen molar-refractivity contribution in [1.29, 1.82) is 0 Å². The third-order valence-electron chi connectivity index (χ3n) is 3.34. The number of carbonyl (C=O) groups excluding carboxylic acids is 1. The molecule has 1 rings (SSSR count). The first kappa shape index (κ1) is 17.2. The number of likely N-dealkylation sites (tertiary alicyclic amines) is 1. The Hall–Kier alpha value is -0.870. The molecule has 1 saturated heterocycles. The van der Waals surface area contributed by atoms with Crippen LogP contribution < -0.4 is 0 Å². The highest BCUT2D eigenvalue weighted by Crippen LogP contribution is 2.20. The zero-order valence-corrected chi connectivity index (χ0v) is 13.9. The molecule has 20 heavy (non-hydrogen) atoms. The smallest absolute Gasteiger partial charge is 0.330 e. The van der Waals surface area contributed by atoms with Crippen molar-refractivity contribution in [2.75, 3.05) is 19.7 Å². The van der Waals surface area contributed by atoms with E-state index in [1.54, 1.807) is 6.08 Å². The second-order valence-corrected chi connectivity index (χ2v) is 5.67. The molecule has 0 radical (unpaired) electrons. The molecule has 0 N–H and O–H groups in total. The van der Waals surface area contributed by atoms with Crippen LogP contribution in [-0.4, -0.2) is 36.6 Å². The van der Waals surface area contributed by atoms with E-state index in [0.717, 1.165) is 24.0 Å². The van der Waals surface area contributed by atoms with Crippen LogP contribution in [0.2, 0.25) is 0 Å². The first-order valence-electron chi connectivity index (χ1n) is 7.23. The Morgan fingerprint density at radius 1 is 1.40 bits per heavy atom. The summed E-state index contributed by atoms with van der Waals surface area (Å²) < 4.78 is 5.98. The SMILES string of the molecule is C/C=C(Br)/C=C/CN1CCCC1C/C=C/C(=O)OCC. The normalized spacial score (nSPS) is 21.1. The van der Waals surface area contributed by atoms with E-state index in [2.05, 4.69) is 33.0 Å². The highest BCUT2D eigenvalue weighted by Gasteiger charge is 2.21. The minimum atomic E-state index is -0.242. The maximum absolute atomic E-state index is 11.2. The van der Waals surface area contributed by atoms with Gasteiger partial charge >= 0.3 is 5.97 Å². The lowest BCUT2D eigenvalue weighted by Crippen LogP contribution is -2.29. The van der Waals surface area contributed by atoms with Crippen LogP contribution >= 0.6 is 15.9 Å². The minimum absolute atomic E-state index is 0.242. The van der Waals surface area contributed by atoms with Crippen LogP contribution in [0.3, 0.4) is 0 Å². The van der Waals surface area contributed by atoms with E-state index >= 15 is 0 Å². The van der Waals surface area contributed by atoms with Gasteiger partial charge in [-0.25, -0.2) is 4.79 Å². The Bertz CT molecular complexity index is 388. The summed E-state index contributed by atoms with van der Waals surface area (Å²) in [5, 5.41) is 0. The molecular formula is C16H24BrNO2. The second-order valence-electron chi connectivity index (χ2n) is 4.76. The Labute approximate surface area is 130 Å². The zero-order chi connectivity index (χ0) is 14.8. The maximum atomic E-state index is 11.2. The second kappa shape index (κ2) is 9.94. The number of allylic oxidation sites excluding steroid dienone is 3. The van der Waals surface area contributed by atoms with Crippen LogP contribution in [0, 0.1) is 0 Å². The standard InChI is InChI=1S/C16H24BrNO2/c1-3-14(17)8-6-12-18-13-7-10-15(18)9-5-11-16(19)20-4-2/h3,5-6,8,11,15H,4,7,9-10,12-13H2,1-2H3/b8-6+,11-5+,14-3-. The van der Waals surface area contributed by atoms with E-state index in [9.17, 15) is 4.79 Å². The van der Waals surface area contributed by atoms with Crippen molar-refractivity contribution in [2.24, 2.45) is 0 Å². The number of hydrogen-bond acceptors (Lipinski definition) is 3. The Kier molecular flexibility index (Phi) is 8.54. The summed E-state index contributed by atoms with van der Waals surface area (Å²) in [7, 11) is 0. The molecule has 0 aromatic carbocycles. The van der Waals surface area contributed by atoms with Crippen molar-refractivity contribution in [3.8, 4) is 0 Å². The summed E-state index contributed by atoms with van der Waals surface area (Å²) in [6.45, 7) is 6.35. The van der Waals surface area contributed by atoms with Gasteiger partial charge in [0.15, 0.2) is 0 Å². The van der Waals surface area contributed by atoms with E-state index in [1.165, 1.54) is 12.8 Å². The molecule has 3 nitrogen and oxygen atoms in total. The lowest BCUT2D eigenvalue weighted by atomic mass is 10.1. The predicted octanol–water partition coefficient (Wildman–Crippen LogP) is 3.82. The number of nitrogens with zero attached hydrogens (tertiary/aromatic N) is 1. The number of esters is 1. The molecule has 0 aliphatic carbocycles. The third kappa shape index (κ3) is 6.53. The van der Waals surface area contributed by atoms with Gasteiger partial charge in [-0.2, -0.15) is 0 Å². The number of ether oxygens (including phenoxy) is 1. The van der Waals surface area contributed by atoms with E-state index in [0.29, 0.717) is 12.6 Å². The summed E-state index contributed by atoms with van der Waals surface area (Å²) in [5.41, 5.74) is 0. The lowest BCUT2D eigenvalue weighted by Gasteiger charge is -2.21. The molecular weight excluding hydrogens is 318 g/mol. The van der Waals surface area contributed by atoms with Crippen molar-refractivity contribution in [3.63, 3.8) is 0 Å². The van der Waals surface area contributed by atoms with Crippen LogP contribution in [0.5, 0.6) is 0 Å². The maximum Gasteiger partial charge on any atom is 0.330 e. The van der Waals surface area contributed by atoms with Crippen molar-refractivity contribution in [1.82, 2.24) is 4.90 Å². The fourth-order valence-electron chi connectivity index (χ4n) is 2.31. The van der Waals surface area contributed by atoms with Crippen LogP contribution in [-0.2, 0) is 9.53 Å². The molecule has 1 aliphatic heterocycles. The van der Waals surface area contributed by atoms with Gasteiger partial charge in [0, 0.05) is 23.1 Å². The fourth-order valence-corrected chi connectivity index (χ4v) is 2.50. The minimum Gasteiger partial charge on any atom is -0.463 e. The quantitative estimate of drug-likeness (QED) is 0.400. The highest BCUT2D eigenvalue weighted by molar-refractivity contribution is 9.11. The Morgan fingerprint density at radius 3 is 2.90 bits per heavy atom. The molecule has 0 amide bonds. The molecule has 0 saturated carbocycles. The summed E-state index contributed by atoms with van der Waals surface area (Å²) in [6.07, 6.45) is 13.1. The molecule has 1 unspecified atom stereocenters. The van der Waals surface area contributed by atoms with E-state index < -0.39 is 0 Å². The van der Waals surface area contributed by atoms with Crippen LogP contribution in [0.15, 0.2) is 34.9 Å². The van der Waals surface area contributed by atoms with Gasteiger partial charge in [-0.05, 0) is 39.7 Å². The summed E-state index contributed by atoms with van der Waals surface area (Å²) in [4.78, 5) is 13.7. The van der Waals surface area contributed by atoms with Crippen LogP contribution in [0.4, 0.5) is 0 Å². The molecule has 0 aromatic rings. The average molecular weight is 342 g/mol. The molecule has 0 spiro atoms. The largest absolute Gasteiger partial charge is 0.463 e. The van der Waals surface area contributed by atoms with Crippen molar-refractivity contribution in [3.05, 3.63) is 34.9 Å². The molecule has 1 fully saturated rings. The van der Waals surface area contributed by atoms with E-state index in [-0.39, 0.29) is 5.97 Å². The van der Waals surface area contributed by atoms with Gasteiger partial charge in [-0.15, -0.1) is 0 Å². The van der Waals surface area contributed by atoms with Crippen molar-refractivity contribution < 1.29 is 9.53 Å². The first-order valence-corrected chi connectivity index (χ1v) is 8.02. The molecule has 0 bridgehead atoms. The van der Waals surface area contributed by atoms with Gasteiger partial charge in [0.2, 0.25) is 0 Å². The topological polar surface area (TPSA) is 29.5 Å². The summed E-state index contributed by atoms with van der Waals surface area (Å²) in [5.74, 6) is -0.242. The molecule has 1 heterocycles. The zero-order valence-electron chi connectivity index (χ0n) is 12.3. The average Bonchev–Trinajstić information content (AvgIpc) is 2.86. The van der Waals surface area contributed by atoms with Crippen LogP contribution in [0.25, 0.3) is 0 Å². The van der Waals surface area contributed by atoms with E-state index in [1.807, 2.05) is 26.0 Å². The molecule has 0 aromatic heterocycles. The van der Waals surface area contributed by atoms with Gasteiger partial charge in [-0.1, -0.05) is 40.2 Å². The third-order valence-corrected chi connectivity index (χ3v) is 4.06. The van der Waals surface area contributed by atoms with Gasteiger partial charge in [-0.3, -0.25) is 4.90 Å². The molecule has 1 aliphatic rings. The number of halogens is 1. The van der Waals surface area contributed by atoms with Gasteiger partial charge < -0.3 is 4.74 Å².